The molecule has 6 heteroatoms. The van der Waals surface area contributed by atoms with Crippen molar-refractivity contribution in [2.45, 2.75) is 20.0 Å². The number of fused-ring (bicyclic) bond motifs is 1. The lowest BCUT2D eigenvalue weighted by Gasteiger charge is -2.13. The lowest BCUT2D eigenvalue weighted by atomic mass is 10.1. The van der Waals surface area contributed by atoms with Crippen LogP contribution in [0, 0.1) is 0 Å². The first-order chi connectivity index (χ1) is 16.6. The van der Waals surface area contributed by atoms with Crippen LogP contribution in [0.25, 0.3) is 17.0 Å². The molecule has 0 atom stereocenters. The van der Waals surface area contributed by atoms with E-state index in [9.17, 15) is 9.59 Å². The normalized spacial score (nSPS) is 11.3. The van der Waals surface area contributed by atoms with Crippen molar-refractivity contribution in [1.82, 2.24) is 15.2 Å². The van der Waals surface area contributed by atoms with E-state index in [-0.39, 0.29) is 11.6 Å². The van der Waals surface area contributed by atoms with Crippen LogP contribution in [0.1, 0.15) is 28.4 Å². The third-order valence-electron chi connectivity index (χ3n) is 5.60. The molecule has 0 bridgehead atoms. The maximum absolute atomic E-state index is 13.2. The fourth-order valence-electron chi connectivity index (χ4n) is 3.86. The number of carbonyl (C=O) groups excluding carboxylic acids is 2. The summed E-state index contributed by atoms with van der Waals surface area (Å²) in [5.41, 5.74) is 3.39. The molecule has 3 aromatic carbocycles. The number of hydrogen-bond acceptors (Lipinski definition) is 3. The summed E-state index contributed by atoms with van der Waals surface area (Å²) in [5.74, 6) is -0.357. The van der Waals surface area contributed by atoms with Crippen LogP contribution in [0.4, 0.5) is 0 Å². The van der Waals surface area contributed by atoms with E-state index < -0.39 is 5.91 Å². The Labute approximate surface area is 198 Å². The topological polar surface area (TPSA) is 72.4 Å². The minimum atomic E-state index is -0.419. The van der Waals surface area contributed by atoms with Gasteiger partial charge in [0.15, 0.2) is 0 Å². The van der Waals surface area contributed by atoms with Crippen molar-refractivity contribution < 1.29 is 14.3 Å². The smallest absolute Gasteiger partial charge is 0.268 e. The predicted molar refractivity (Wildman–Crippen MR) is 134 cm³/mol. The van der Waals surface area contributed by atoms with Gasteiger partial charge in [-0.2, -0.15) is 0 Å². The summed E-state index contributed by atoms with van der Waals surface area (Å²) in [5, 5.41) is 6.72. The Hall–Kier alpha value is -4.32. The van der Waals surface area contributed by atoms with E-state index in [2.05, 4.69) is 22.1 Å². The van der Waals surface area contributed by atoms with Gasteiger partial charge in [0, 0.05) is 35.8 Å². The summed E-state index contributed by atoms with van der Waals surface area (Å²) < 4.78 is 7.44. The van der Waals surface area contributed by atoms with Crippen molar-refractivity contribution >= 4 is 28.8 Å². The molecule has 0 aliphatic rings. The molecule has 1 heterocycles. The van der Waals surface area contributed by atoms with Crippen LogP contribution in [0.5, 0.6) is 5.75 Å². The van der Waals surface area contributed by atoms with Gasteiger partial charge < -0.3 is 19.9 Å². The predicted octanol–water partition coefficient (Wildman–Crippen LogP) is 4.76. The Morgan fingerprint density at radius 3 is 2.41 bits per heavy atom. The number of aryl methyl sites for hydroxylation is 1. The minimum Gasteiger partial charge on any atom is -0.496 e. The number of para-hydroxylation sites is 2. The van der Waals surface area contributed by atoms with Crippen molar-refractivity contribution in [3.8, 4) is 5.75 Å². The average molecular weight is 454 g/mol. The summed E-state index contributed by atoms with van der Waals surface area (Å²) in [4.78, 5) is 26.3. The standard InChI is InChI=1S/C28H27N3O3/c1-3-31-19-21(22-13-7-9-15-25(22)31)17-24(28(33)29-18-20-11-5-4-6-12-20)30-27(32)23-14-8-10-16-26(23)34-2/h4-17,19H,3,18H2,1-2H3,(H,29,33)(H,30,32). The minimum absolute atomic E-state index is 0.158. The molecule has 0 fully saturated rings. The van der Waals surface area contributed by atoms with Crippen LogP contribution in [0.3, 0.4) is 0 Å². The third-order valence-corrected chi connectivity index (χ3v) is 5.60. The number of nitrogens with zero attached hydrogens (tertiary/aromatic N) is 1. The van der Waals surface area contributed by atoms with Gasteiger partial charge in [-0.1, -0.05) is 60.7 Å². The number of amides is 2. The van der Waals surface area contributed by atoms with Gasteiger partial charge in [-0.05, 0) is 36.8 Å². The van der Waals surface area contributed by atoms with Gasteiger partial charge in [0.25, 0.3) is 11.8 Å². The van der Waals surface area contributed by atoms with Crippen molar-refractivity contribution in [2.24, 2.45) is 0 Å². The highest BCUT2D eigenvalue weighted by atomic mass is 16.5. The second-order valence-electron chi connectivity index (χ2n) is 7.77. The van der Waals surface area contributed by atoms with E-state index in [4.69, 9.17) is 4.74 Å². The highest BCUT2D eigenvalue weighted by Gasteiger charge is 2.18. The number of benzene rings is 3. The molecule has 0 aliphatic heterocycles. The van der Waals surface area contributed by atoms with Crippen LogP contribution < -0.4 is 15.4 Å². The molecular weight excluding hydrogens is 426 g/mol. The van der Waals surface area contributed by atoms with Crippen molar-refractivity contribution in [2.75, 3.05) is 7.11 Å². The summed E-state index contributed by atoms with van der Waals surface area (Å²) in [6, 6.07) is 24.5. The van der Waals surface area contributed by atoms with E-state index in [1.54, 1.807) is 30.3 Å². The first-order valence-corrected chi connectivity index (χ1v) is 11.2. The van der Waals surface area contributed by atoms with Crippen LogP contribution in [0.2, 0.25) is 0 Å². The Morgan fingerprint density at radius 2 is 1.65 bits per heavy atom. The third kappa shape index (κ3) is 5.02. The van der Waals surface area contributed by atoms with Crippen LogP contribution >= 0.6 is 0 Å². The molecule has 0 unspecified atom stereocenters. The van der Waals surface area contributed by atoms with Crippen LogP contribution in [-0.4, -0.2) is 23.5 Å². The molecule has 0 radical (unpaired) electrons. The Morgan fingerprint density at radius 1 is 0.941 bits per heavy atom. The lowest BCUT2D eigenvalue weighted by Crippen LogP contribution is -2.34. The molecule has 34 heavy (non-hydrogen) atoms. The molecule has 0 spiro atoms. The van der Waals surface area contributed by atoms with Crippen molar-refractivity contribution in [3.05, 3.63) is 107 Å². The van der Waals surface area contributed by atoms with E-state index in [1.165, 1.54) is 7.11 Å². The van der Waals surface area contributed by atoms with Gasteiger partial charge in [0.05, 0.1) is 12.7 Å². The highest BCUT2D eigenvalue weighted by molar-refractivity contribution is 6.07. The number of ether oxygens (including phenoxy) is 1. The molecule has 0 saturated carbocycles. The summed E-state index contributed by atoms with van der Waals surface area (Å²) in [6.07, 6.45) is 3.71. The quantitative estimate of drug-likeness (QED) is 0.378. The molecule has 0 saturated heterocycles. The first kappa shape index (κ1) is 22.9. The molecule has 6 nitrogen and oxygen atoms in total. The molecular formula is C28H27N3O3. The zero-order valence-electron chi connectivity index (χ0n) is 19.2. The summed E-state index contributed by atoms with van der Waals surface area (Å²) in [7, 11) is 1.51. The van der Waals surface area contributed by atoms with Crippen LogP contribution in [-0.2, 0) is 17.9 Å². The second kappa shape index (κ2) is 10.5. The molecule has 1 aromatic heterocycles. The Bertz CT molecular complexity index is 1340. The molecule has 4 aromatic rings. The van der Waals surface area contributed by atoms with Crippen molar-refractivity contribution in [3.63, 3.8) is 0 Å². The summed E-state index contributed by atoms with van der Waals surface area (Å²) in [6.45, 7) is 3.20. The summed E-state index contributed by atoms with van der Waals surface area (Å²) >= 11 is 0. The number of rotatable bonds is 8. The molecule has 4 rings (SSSR count). The first-order valence-electron chi connectivity index (χ1n) is 11.2. The Kier molecular flexibility index (Phi) is 7.08. The molecule has 2 N–H and O–H groups in total. The lowest BCUT2D eigenvalue weighted by molar-refractivity contribution is -0.117. The highest BCUT2D eigenvalue weighted by Crippen LogP contribution is 2.24. The number of aromatic nitrogens is 1. The van der Waals surface area contributed by atoms with E-state index in [0.717, 1.165) is 28.6 Å². The fraction of sp³-hybridized carbons (Fsp3) is 0.143. The van der Waals surface area contributed by atoms with Gasteiger partial charge in [0.2, 0.25) is 0 Å². The second-order valence-corrected chi connectivity index (χ2v) is 7.77. The number of nitrogens with one attached hydrogen (secondary N) is 2. The zero-order valence-corrected chi connectivity index (χ0v) is 19.2. The van der Waals surface area contributed by atoms with Gasteiger partial charge in [0.1, 0.15) is 11.4 Å². The zero-order chi connectivity index (χ0) is 23.9. The van der Waals surface area contributed by atoms with Crippen LogP contribution in [0.15, 0.2) is 90.8 Å². The van der Waals surface area contributed by atoms with Crippen molar-refractivity contribution in [1.29, 1.82) is 0 Å². The van der Waals surface area contributed by atoms with E-state index >= 15 is 0 Å². The Balaban J connectivity index is 1.69. The van der Waals surface area contributed by atoms with E-state index in [1.807, 2.05) is 60.8 Å². The van der Waals surface area contributed by atoms with E-state index in [0.29, 0.717) is 17.9 Å². The van der Waals surface area contributed by atoms with Gasteiger partial charge in [-0.15, -0.1) is 0 Å². The fourth-order valence-corrected chi connectivity index (χ4v) is 3.86. The average Bonchev–Trinajstić information content (AvgIpc) is 3.25. The van der Waals surface area contributed by atoms with Gasteiger partial charge in [-0.25, -0.2) is 0 Å². The molecule has 2 amide bonds. The maximum Gasteiger partial charge on any atom is 0.268 e. The van der Waals surface area contributed by atoms with Gasteiger partial charge >= 0.3 is 0 Å². The van der Waals surface area contributed by atoms with Gasteiger partial charge in [-0.3, -0.25) is 9.59 Å². The number of hydrogen-bond donors (Lipinski definition) is 2. The number of carbonyl (C=O) groups is 2. The largest absolute Gasteiger partial charge is 0.496 e. The number of methoxy groups -OCH3 is 1. The maximum atomic E-state index is 13.2. The molecule has 172 valence electrons. The molecule has 0 aliphatic carbocycles. The SMILES string of the molecule is CCn1cc(C=C(NC(=O)c2ccccc2OC)C(=O)NCc2ccccc2)c2ccccc21. The monoisotopic (exact) mass is 453 g/mol.